The molecule has 1 aromatic rings. The lowest BCUT2D eigenvalue weighted by molar-refractivity contribution is -0.148. The van der Waals surface area contributed by atoms with Gasteiger partial charge in [0.25, 0.3) is 0 Å². The van der Waals surface area contributed by atoms with Crippen molar-refractivity contribution in [2.45, 2.75) is 53.0 Å². The zero-order valence-electron chi connectivity index (χ0n) is 12.1. The van der Waals surface area contributed by atoms with Crippen LogP contribution in [0.2, 0.25) is 0 Å². The Morgan fingerprint density at radius 2 is 1.84 bits per heavy atom. The van der Waals surface area contributed by atoms with Crippen molar-refractivity contribution in [1.29, 1.82) is 0 Å². The van der Waals surface area contributed by atoms with Crippen molar-refractivity contribution in [3.05, 3.63) is 15.9 Å². The molecule has 0 aliphatic carbocycles. The molecule has 0 aromatic carbocycles. The predicted octanol–water partition coefficient (Wildman–Crippen LogP) is 2.24. The normalized spacial score (nSPS) is 13.2. The van der Waals surface area contributed by atoms with Crippen LogP contribution in [0.3, 0.4) is 0 Å². The Balaban J connectivity index is 2.82. The Morgan fingerprint density at radius 3 is 2.32 bits per heavy atom. The van der Waals surface area contributed by atoms with E-state index in [-0.39, 0.29) is 12.3 Å². The van der Waals surface area contributed by atoms with Crippen LogP contribution >= 0.6 is 15.9 Å². The molecule has 0 aliphatic heterocycles. The van der Waals surface area contributed by atoms with Crippen LogP contribution in [0.15, 0.2) is 4.47 Å². The smallest absolute Gasteiger partial charge is 0.172 e. The number of hydrogen-bond acceptors (Lipinski definition) is 4. The molecule has 5 nitrogen and oxygen atoms in total. The second kappa shape index (κ2) is 7.99. The van der Waals surface area contributed by atoms with E-state index in [0.717, 1.165) is 22.4 Å². The summed E-state index contributed by atoms with van der Waals surface area (Å²) in [7, 11) is 0. The largest absolute Gasteiger partial charge is 0.351 e. The number of ether oxygens (including phenoxy) is 2. The molecule has 0 radical (unpaired) electrons. The molecule has 0 aliphatic rings. The number of nitrogens with two attached hydrogens (primary N) is 1. The first kappa shape index (κ1) is 16.6. The van der Waals surface area contributed by atoms with Crippen molar-refractivity contribution in [3.63, 3.8) is 0 Å². The third kappa shape index (κ3) is 4.27. The van der Waals surface area contributed by atoms with Gasteiger partial charge in [-0.25, -0.2) is 0 Å². The summed E-state index contributed by atoms with van der Waals surface area (Å²) in [6.45, 7) is 9.92. The molecular formula is C13H24BrN3O2. The zero-order valence-corrected chi connectivity index (χ0v) is 13.7. The van der Waals surface area contributed by atoms with Crippen molar-refractivity contribution in [1.82, 2.24) is 9.78 Å². The van der Waals surface area contributed by atoms with Crippen LogP contribution in [0.25, 0.3) is 0 Å². The van der Waals surface area contributed by atoms with Gasteiger partial charge in [-0.2, -0.15) is 5.10 Å². The number of aromatic nitrogens is 2. The molecule has 0 bridgehead atoms. The molecule has 0 spiro atoms. The predicted molar refractivity (Wildman–Crippen MR) is 79.1 cm³/mol. The highest BCUT2D eigenvalue weighted by Gasteiger charge is 2.22. The van der Waals surface area contributed by atoms with Gasteiger partial charge < -0.3 is 15.2 Å². The molecule has 2 N–H and O–H groups in total. The first-order valence-corrected chi connectivity index (χ1v) is 7.54. The molecule has 19 heavy (non-hydrogen) atoms. The van der Waals surface area contributed by atoms with Crippen LogP contribution in [-0.2, 0) is 22.4 Å². The van der Waals surface area contributed by atoms with E-state index in [4.69, 9.17) is 15.2 Å². The first-order valence-electron chi connectivity index (χ1n) is 6.75. The van der Waals surface area contributed by atoms with E-state index < -0.39 is 0 Å². The van der Waals surface area contributed by atoms with Gasteiger partial charge >= 0.3 is 0 Å². The Labute approximate surface area is 123 Å². The second-order valence-corrected chi connectivity index (χ2v) is 5.10. The van der Waals surface area contributed by atoms with Crippen LogP contribution in [0.4, 0.5) is 0 Å². The average molecular weight is 334 g/mol. The summed E-state index contributed by atoms with van der Waals surface area (Å²) < 4.78 is 14.1. The third-order valence-electron chi connectivity index (χ3n) is 2.89. The minimum Gasteiger partial charge on any atom is -0.351 e. The molecule has 0 saturated carbocycles. The van der Waals surface area contributed by atoms with Crippen molar-refractivity contribution in [2.75, 3.05) is 13.2 Å². The Kier molecular flexibility index (Phi) is 6.99. The van der Waals surface area contributed by atoms with E-state index in [2.05, 4.69) is 28.0 Å². The summed E-state index contributed by atoms with van der Waals surface area (Å²) in [5.41, 5.74) is 8.29. The molecular weight excluding hydrogens is 310 g/mol. The fourth-order valence-electron chi connectivity index (χ4n) is 2.01. The van der Waals surface area contributed by atoms with E-state index in [1.807, 2.05) is 25.5 Å². The summed E-state index contributed by atoms with van der Waals surface area (Å²) in [5, 5.41) is 4.47. The highest BCUT2D eigenvalue weighted by molar-refractivity contribution is 9.10. The maximum atomic E-state index is 6.21. The number of halogens is 1. The maximum absolute atomic E-state index is 6.21. The van der Waals surface area contributed by atoms with Crippen LogP contribution < -0.4 is 5.73 Å². The van der Waals surface area contributed by atoms with Gasteiger partial charge in [0.1, 0.15) is 0 Å². The van der Waals surface area contributed by atoms with E-state index in [9.17, 15) is 0 Å². The Bertz CT molecular complexity index is 389. The highest BCUT2D eigenvalue weighted by atomic mass is 79.9. The molecule has 1 rings (SSSR count). The van der Waals surface area contributed by atoms with Crippen molar-refractivity contribution < 1.29 is 9.47 Å². The van der Waals surface area contributed by atoms with E-state index in [0.29, 0.717) is 19.6 Å². The van der Waals surface area contributed by atoms with Gasteiger partial charge in [-0.15, -0.1) is 0 Å². The fraction of sp³-hybridized carbons (Fsp3) is 0.769. The Morgan fingerprint density at radius 1 is 1.26 bits per heavy atom. The monoisotopic (exact) mass is 333 g/mol. The molecule has 1 heterocycles. The second-order valence-electron chi connectivity index (χ2n) is 4.31. The number of aryl methyl sites for hydroxylation is 2. The summed E-state index contributed by atoms with van der Waals surface area (Å²) in [6, 6.07) is -0.211. The standard InChI is InChI=1S/C13H24BrN3O2/c1-5-17-11(12(14)9(4)16-17)8-10(15)13(18-6-2)19-7-3/h10,13H,5-8,15H2,1-4H3. The van der Waals surface area contributed by atoms with Crippen LogP contribution in [0.5, 0.6) is 0 Å². The van der Waals surface area contributed by atoms with Gasteiger partial charge in [-0.1, -0.05) is 0 Å². The zero-order chi connectivity index (χ0) is 14.4. The van der Waals surface area contributed by atoms with Crippen LogP contribution in [0.1, 0.15) is 32.2 Å². The molecule has 1 atom stereocenters. The quantitative estimate of drug-likeness (QED) is 0.741. The molecule has 0 fully saturated rings. The number of nitrogens with zero attached hydrogens (tertiary/aromatic N) is 2. The summed E-state index contributed by atoms with van der Waals surface area (Å²) in [5.74, 6) is 0. The van der Waals surface area contributed by atoms with Gasteiger partial charge in [0, 0.05) is 26.2 Å². The molecule has 1 aromatic heterocycles. The van der Waals surface area contributed by atoms with Crippen molar-refractivity contribution >= 4 is 15.9 Å². The SMILES string of the molecule is CCOC(OCC)C(N)Cc1c(Br)c(C)nn1CC. The van der Waals surface area contributed by atoms with Crippen molar-refractivity contribution in [3.8, 4) is 0 Å². The van der Waals surface area contributed by atoms with E-state index in [1.54, 1.807) is 0 Å². The molecule has 110 valence electrons. The molecule has 6 heteroatoms. The Hall–Kier alpha value is -0.430. The van der Waals surface area contributed by atoms with Gasteiger partial charge in [-0.05, 0) is 43.6 Å². The maximum Gasteiger partial charge on any atom is 0.172 e. The average Bonchev–Trinajstić information content (AvgIpc) is 2.66. The fourth-order valence-corrected chi connectivity index (χ4v) is 2.45. The summed E-state index contributed by atoms with van der Waals surface area (Å²) in [4.78, 5) is 0. The number of rotatable bonds is 8. The van der Waals surface area contributed by atoms with Gasteiger partial charge in [0.05, 0.1) is 21.9 Å². The lowest BCUT2D eigenvalue weighted by Gasteiger charge is -2.23. The van der Waals surface area contributed by atoms with Crippen LogP contribution in [0, 0.1) is 6.92 Å². The lowest BCUT2D eigenvalue weighted by Crippen LogP contribution is -2.41. The van der Waals surface area contributed by atoms with E-state index in [1.165, 1.54) is 0 Å². The molecule has 0 saturated heterocycles. The summed E-state index contributed by atoms with van der Waals surface area (Å²) >= 11 is 3.58. The first-order chi connectivity index (χ1) is 9.04. The third-order valence-corrected chi connectivity index (χ3v) is 3.92. The minimum atomic E-state index is -0.373. The van der Waals surface area contributed by atoms with Crippen LogP contribution in [-0.4, -0.2) is 35.3 Å². The highest BCUT2D eigenvalue weighted by Crippen LogP contribution is 2.23. The minimum absolute atomic E-state index is 0.211. The van der Waals surface area contributed by atoms with Crippen molar-refractivity contribution in [2.24, 2.45) is 5.73 Å². The summed E-state index contributed by atoms with van der Waals surface area (Å²) in [6.07, 6.45) is 0.294. The van der Waals surface area contributed by atoms with Gasteiger partial charge in [0.2, 0.25) is 0 Å². The van der Waals surface area contributed by atoms with E-state index >= 15 is 0 Å². The van der Waals surface area contributed by atoms with Gasteiger partial charge in [-0.3, -0.25) is 4.68 Å². The molecule has 0 amide bonds. The van der Waals surface area contributed by atoms with Gasteiger partial charge in [0.15, 0.2) is 6.29 Å². The molecule has 1 unspecified atom stereocenters. The lowest BCUT2D eigenvalue weighted by atomic mass is 10.1. The number of hydrogen-bond donors (Lipinski definition) is 1. The topological polar surface area (TPSA) is 62.3 Å².